The molecule has 130 valence electrons. The standard InChI is InChI=1S/C15H15F3N2O4/c1-24-14(23)10-4-2-3-9(5-10)13(22)19-11-6-12(21)20(7-11)8-15(16,17)18/h2-5,11H,6-8H2,1H3,(H,19,22). The number of nitrogens with zero attached hydrogens (tertiary/aromatic N) is 1. The number of likely N-dealkylation sites (tertiary alicyclic amines) is 1. The first kappa shape index (κ1) is 17.8. The topological polar surface area (TPSA) is 75.7 Å². The van der Waals surface area contributed by atoms with Crippen molar-refractivity contribution in [2.75, 3.05) is 20.2 Å². The van der Waals surface area contributed by atoms with E-state index in [-0.39, 0.29) is 24.1 Å². The van der Waals surface area contributed by atoms with Gasteiger partial charge < -0.3 is 15.0 Å². The summed E-state index contributed by atoms with van der Waals surface area (Å²) in [6.07, 6.45) is -4.68. The summed E-state index contributed by atoms with van der Waals surface area (Å²) in [5, 5.41) is 2.50. The Bertz CT molecular complexity index is 660. The lowest BCUT2D eigenvalue weighted by Crippen LogP contribution is -2.39. The maximum Gasteiger partial charge on any atom is 0.406 e. The summed E-state index contributed by atoms with van der Waals surface area (Å²) in [7, 11) is 1.20. The first-order valence-electron chi connectivity index (χ1n) is 7.03. The highest BCUT2D eigenvalue weighted by atomic mass is 19.4. The molecule has 6 nitrogen and oxygen atoms in total. The molecule has 0 aromatic heterocycles. The van der Waals surface area contributed by atoms with Gasteiger partial charge in [-0.25, -0.2) is 4.79 Å². The Morgan fingerprint density at radius 2 is 2.00 bits per heavy atom. The molecule has 1 atom stereocenters. The number of halogens is 3. The average molecular weight is 344 g/mol. The van der Waals surface area contributed by atoms with E-state index in [2.05, 4.69) is 10.1 Å². The van der Waals surface area contributed by atoms with Crippen LogP contribution in [0.4, 0.5) is 13.2 Å². The minimum atomic E-state index is -4.48. The van der Waals surface area contributed by atoms with Crippen molar-refractivity contribution in [3.63, 3.8) is 0 Å². The van der Waals surface area contributed by atoms with Crippen molar-refractivity contribution in [1.82, 2.24) is 10.2 Å². The van der Waals surface area contributed by atoms with Crippen LogP contribution in [0.15, 0.2) is 24.3 Å². The maximum atomic E-state index is 12.4. The summed E-state index contributed by atoms with van der Waals surface area (Å²) in [6.45, 7) is -1.54. The Kier molecular flexibility index (Phi) is 5.10. The van der Waals surface area contributed by atoms with Gasteiger partial charge in [0.2, 0.25) is 5.91 Å². The molecule has 1 unspecified atom stereocenters. The zero-order valence-electron chi connectivity index (χ0n) is 12.7. The fraction of sp³-hybridized carbons (Fsp3) is 0.400. The molecule has 2 rings (SSSR count). The Morgan fingerprint density at radius 3 is 2.62 bits per heavy atom. The van der Waals surface area contributed by atoms with Crippen LogP contribution in [0.25, 0.3) is 0 Å². The van der Waals surface area contributed by atoms with Crippen molar-refractivity contribution in [2.24, 2.45) is 0 Å². The highest BCUT2D eigenvalue weighted by Crippen LogP contribution is 2.21. The number of rotatable bonds is 4. The summed E-state index contributed by atoms with van der Waals surface area (Å²) in [5.74, 6) is -1.86. The molecule has 0 radical (unpaired) electrons. The molecule has 0 saturated carbocycles. The van der Waals surface area contributed by atoms with Crippen LogP contribution in [0.1, 0.15) is 27.1 Å². The Hall–Kier alpha value is -2.58. The molecule has 24 heavy (non-hydrogen) atoms. The van der Waals surface area contributed by atoms with E-state index in [4.69, 9.17) is 0 Å². The molecule has 1 heterocycles. The molecule has 0 spiro atoms. The van der Waals surface area contributed by atoms with Gasteiger partial charge in [-0.15, -0.1) is 0 Å². The lowest BCUT2D eigenvalue weighted by atomic mass is 10.1. The number of benzene rings is 1. The van der Waals surface area contributed by atoms with Crippen LogP contribution >= 0.6 is 0 Å². The van der Waals surface area contributed by atoms with Gasteiger partial charge in [0.15, 0.2) is 0 Å². The molecule has 1 aromatic rings. The normalized spacial score (nSPS) is 17.8. The molecule has 1 saturated heterocycles. The van der Waals surface area contributed by atoms with E-state index in [0.717, 1.165) is 0 Å². The van der Waals surface area contributed by atoms with Gasteiger partial charge in [0.1, 0.15) is 6.54 Å². The number of methoxy groups -OCH3 is 1. The largest absolute Gasteiger partial charge is 0.465 e. The third-order valence-electron chi connectivity index (χ3n) is 3.47. The first-order valence-corrected chi connectivity index (χ1v) is 7.03. The van der Waals surface area contributed by atoms with Crippen LogP contribution in [-0.4, -0.2) is 55.1 Å². The van der Waals surface area contributed by atoms with E-state index in [9.17, 15) is 27.6 Å². The number of esters is 1. The van der Waals surface area contributed by atoms with Crippen molar-refractivity contribution in [3.05, 3.63) is 35.4 Å². The van der Waals surface area contributed by atoms with E-state index >= 15 is 0 Å². The van der Waals surface area contributed by atoms with Crippen LogP contribution in [0.2, 0.25) is 0 Å². The van der Waals surface area contributed by atoms with Crippen molar-refractivity contribution in [1.29, 1.82) is 0 Å². The van der Waals surface area contributed by atoms with Crippen molar-refractivity contribution in [3.8, 4) is 0 Å². The molecule has 1 aromatic carbocycles. The monoisotopic (exact) mass is 344 g/mol. The summed E-state index contributed by atoms with van der Waals surface area (Å²) >= 11 is 0. The molecule has 2 amide bonds. The van der Waals surface area contributed by atoms with Crippen molar-refractivity contribution < 1.29 is 32.3 Å². The fourth-order valence-corrected chi connectivity index (χ4v) is 2.41. The molecule has 0 bridgehead atoms. The van der Waals surface area contributed by atoms with E-state index in [0.29, 0.717) is 4.90 Å². The molecule has 1 aliphatic rings. The second-order valence-electron chi connectivity index (χ2n) is 5.34. The van der Waals surface area contributed by atoms with Crippen LogP contribution in [0.3, 0.4) is 0 Å². The van der Waals surface area contributed by atoms with Gasteiger partial charge in [-0.05, 0) is 18.2 Å². The minimum Gasteiger partial charge on any atom is -0.465 e. The van der Waals surface area contributed by atoms with E-state index in [1.165, 1.54) is 31.4 Å². The predicted octanol–water partition coefficient (Wildman–Crippen LogP) is 1.37. The van der Waals surface area contributed by atoms with E-state index in [1.54, 1.807) is 0 Å². The third kappa shape index (κ3) is 4.46. The first-order chi connectivity index (χ1) is 11.2. The number of carbonyl (C=O) groups excluding carboxylic acids is 3. The molecule has 0 aliphatic carbocycles. The van der Waals surface area contributed by atoms with Crippen LogP contribution < -0.4 is 5.32 Å². The second-order valence-corrected chi connectivity index (χ2v) is 5.34. The maximum absolute atomic E-state index is 12.4. The van der Waals surface area contributed by atoms with Gasteiger partial charge in [-0.3, -0.25) is 9.59 Å². The van der Waals surface area contributed by atoms with Crippen molar-refractivity contribution >= 4 is 17.8 Å². The Balaban J connectivity index is 2.01. The van der Waals surface area contributed by atoms with Gasteiger partial charge in [0.05, 0.1) is 18.7 Å². The molecular formula is C15H15F3N2O4. The van der Waals surface area contributed by atoms with Gasteiger partial charge in [0.25, 0.3) is 5.91 Å². The predicted molar refractivity (Wildman–Crippen MR) is 76.3 cm³/mol. The highest BCUT2D eigenvalue weighted by molar-refractivity contribution is 5.98. The fourth-order valence-electron chi connectivity index (χ4n) is 2.41. The molecule has 1 N–H and O–H groups in total. The number of hydrogen-bond donors (Lipinski definition) is 1. The van der Waals surface area contributed by atoms with E-state index in [1.807, 2.05) is 0 Å². The van der Waals surface area contributed by atoms with E-state index < -0.39 is 36.5 Å². The van der Waals surface area contributed by atoms with Gasteiger partial charge in [-0.2, -0.15) is 13.2 Å². The quantitative estimate of drug-likeness (QED) is 0.837. The number of nitrogens with one attached hydrogen (secondary N) is 1. The summed E-state index contributed by atoms with van der Waals surface area (Å²) in [6, 6.07) is 5.00. The Labute approximate surface area is 135 Å². The SMILES string of the molecule is COC(=O)c1cccc(C(=O)NC2CC(=O)N(CC(F)(F)F)C2)c1. The zero-order valence-corrected chi connectivity index (χ0v) is 12.7. The van der Waals surface area contributed by atoms with Crippen LogP contribution in [0, 0.1) is 0 Å². The summed E-state index contributed by atoms with van der Waals surface area (Å²) in [4.78, 5) is 35.8. The average Bonchev–Trinajstić information content (AvgIpc) is 2.84. The summed E-state index contributed by atoms with van der Waals surface area (Å²) in [5.41, 5.74) is 0.325. The summed E-state index contributed by atoms with van der Waals surface area (Å²) < 4.78 is 41.6. The lowest BCUT2D eigenvalue weighted by Gasteiger charge is -2.18. The second kappa shape index (κ2) is 6.90. The third-order valence-corrected chi connectivity index (χ3v) is 3.47. The van der Waals surface area contributed by atoms with Crippen LogP contribution in [-0.2, 0) is 9.53 Å². The van der Waals surface area contributed by atoms with Gasteiger partial charge in [-0.1, -0.05) is 6.07 Å². The van der Waals surface area contributed by atoms with Crippen LogP contribution in [0.5, 0.6) is 0 Å². The van der Waals surface area contributed by atoms with Gasteiger partial charge in [0, 0.05) is 18.5 Å². The number of amides is 2. The lowest BCUT2D eigenvalue weighted by molar-refractivity contribution is -0.157. The van der Waals surface area contributed by atoms with Crippen molar-refractivity contribution in [2.45, 2.75) is 18.6 Å². The molecular weight excluding hydrogens is 329 g/mol. The Morgan fingerprint density at radius 1 is 1.33 bits per heavy atom. The number of ether oxygens (including phenoxy) is 1. The minimum absolute atomic E-state index is 0.152. The highest BCUT2D eigenvalue weighted by Gasteiger charge is 2.38. The zero-order chi connectivity index (χ0) is 17.9. The molecule has 9 heteroatoms. The smallest absolute Gasteiger partial charge is 0.406 e. The number of hydrogen-bond acceptors (Lipinski definition) is 4. The van der Waals surface area contributed by atoms with Gasteiger partial charge >= 0.3 is 12.1 Å². The molecule has 1 aliphatic heterocycles. The molecule has 1 fully saturated rings. The number of alkyl halides is 3. The number of carbonyl (C=O) groups is 3.